The Hall–Kier alpha value is -1.28. The number of rotatable bonds is 1. The van der Waals surface area contributed by atoms with Crippen molar-refractivity contribution in [3.05, 3.63) is 34.0 Å². The van der Waals surface area contributed by atoms with Crippen molar-refractivity contribution in [2.75, 3.05) is 0 Å². The number of H-pyrrole nitrogens is 1. The minimum atomic E-state index is 0.420. The molecule has 0 fully saturated rings. The summed E-state index contributed by atoms with van der Waals surface area (Å²) >= 11 is 5.91. The molecule has 1 aromatic heterocycles. The lowest BCUT2D eigenvalue weighted by molar-refractivity contribution is 0.112. The summed E-state index contributed by atoms with van der Waals surface area (Å²) in [6.45, 7) is 3.99. The zero-order valence-corrected chi connectivity index (χ0v) is 8.77. The van der Waals surface area contributed by atoms with Crippen LogP contribution in [0.25, 0.3) is 10.9 Å². The predicted molar refractivity (Wildman–Crippen MR) is 58.2 cm³/mol. The van der Waals surface area contributed by atoms with E-state index in [9.17, 15) is 4.79 Å². The first kappa shape index (κ1) is 9.28. The smallest absolute Gasteiger partial charge is 0.153 e. The molecule has 2 aromatic rings. The maximum Gasteiger partial charge on any atom is 0.153 e. The van der Waals surface area contributed by atoms with Crippen molar-refractivity contribution < 1.29 is 4.79 Å². The van der Waals surface area contributed by atoms with E-state index in [-0.39, 0.29) is 0 Å². The Labute approximate surface area is 86.9 Å². The highest BCUT2D eigenvalue weighted by Crippen LogP contribution is 2.28. The number of aldehydes is 1. The van der Waals surface area contributed by atoms with E-state index in [2.05, 4.69) is 4.98 Å². The van der Waals surface area contributed by atoms with E-state index in [4.69, 9.17) is 11.6 Å². The number of benzene rings is 1. The number of fused-ring (bicyclic) bond motifs is 1. The lowest BCUT2D eigenvalue weighted by atomic mass is 10.1. The van der Waals surface area contributed by atoms with Crippen LogP contribution in [0.1, 0.15) is 21.5 Å². The number of hydrogen-bond acceptors (Lipinski definition) is 1. The topological polar surface area (TPSA) is 32.9 Å². The Morgan fingerprint density at radius 1 is 1.36 bits per heavy atom. The molecular formula is C11H10ClNO. The van der Waals surface area contributed by atoms with Gasteiger partial charge >= 0.3 is 0 Å². The molecule has 3 heteroatoms. The second kappa shape index (κ2) is 3.14. The average Bonchev–Trinajstić information content (AvgIpc) is 2.40. The van der Waals surface area contributed by atoms with Crippen molar-refractivity contribution in [2.45, 2.75) is 13.8 Å². The average molecular weight is 208 g/mol. The third kappa shape index (κ3) is 1.23. The number of carbonyl (C=O) groups excluding carboxylic acids is 1. The molecular weight excluding hydrogens is 198 g/mol. The molecule has 1 aromatic carbocycles. The van der Waals surface area contributed by atoms with Crippen molar-refractivity contribution >= 4 is 28.8 Å². The van der Waals surface area contributed by atoms with Crippen LogP contribution in [0.4, 0.5) is 0 Å². The van der Waals surface area contributed by atoms with Crippen LogP contribution in [0.5, 0.6) is 0 Å². The monoisotopic (exact) mass is 207 g/mol. The predicted octanol–water partition coefficient (Wildman–Crippen LogP) is 3.25. The van der Waals surface area contributed by atoms with Gasteiger partial charge in [0.15, 0.2) is 6.29 Å². The van der Waals surface area contributed by atoms with Gasteiger partial charge in [-0.2, -0.15) is 0 Å². The van der Waals surface area contributed by atoms with Crippen LogP contribution in [0.3, 0.4) is 0 Å². The summed E-state index contributed by atoms with van der Waals surface area (Å²) in [4.78, 5) is 13.8. The van der Waals surface area contributed by atoms with Gasteiger partial charge in [-0.05, 0) is 31.0 Å². The van der Waals surface area contributed by atoms with Crippen LogP contribution in [-0.4, -0.2) is 11.3 Å². The maximum atomic E-state index is 10.8. The highest BCUT2D eigenvalue weighted by atomic mass is 35.5. The van der Waals surface area contributed by atoms with Gasteiger partial charge in [0.05, 0.1) is 5.56 Å². The van der Waals surface area contributed by atoms with Crippen molar-refractivity contribution in [3.8, 4) is 0 Å². The molecule has 72 valence electrons. The summed E-state index contributed by atoms with van der Waals surface area (Å²) in [5.74, 6) is 0. The molecule has 0 saturated heterocycles. The number of hydrogen-bond donors (Lipinski definition) is 1. The Morgan fingerprint density at radius 2 is 2.07 bits per heavy atom. The second-order valence-corrected chi connectivity index (χ2v) is 3.85. The van der Waals surface area contributed by atoms with E-state index < -0.39 is 0 Å². The number of aryl methyl sites for hydroxylation is 2. The normalized spacial score (nSPS) is 10.8. The van der Waals surface area contributed by atoms with E-state index in [0.29, 0.717) is 10.7 Å². The fourth-order valence-corrected chi connectivity index (χ4v) is 2.07. The number of aromatic nitrogens is 1. The van der Waals surface area contributed by atoms with Gasteiger partial charge in [0.1, 0.15) is 5.15 Å². The first-order chi connectivity index (χ1) is 6.63. The highest BCUT2D eigenvalue weighted by Gasteiger charge is 2.11. The molecule has 14 heavy (non-hydrogen) atoms. The Balaban J connectivity index is 2.95. The standard InChI is InChI=1S/C11H10ClNO/c1-6-3-7(2)10-8(5-14)11(12)13-9(10)4-6/h3-5,13H,1-2H3. The van der Waals surface area contributed by atoms with Crippen molar-refractivity contribution in [2.24, 2.45) is 0 Å². The largest absolute Gasteiger partial charge is 0.345 e. The third-order valence-corrected chi connectivity index (χ3v) is 2.65. The second-order valence-electron chi connectivity index (χ2n) is 3.47. The quantitative estimate of drug-likeness (QED) is 0.716. The fourth-order valence-electron chi connectivity index (χ4n) is 1.83. The van der Waals surface area contributed by atoms with Gasteiger partial charge in [0.25, 0.3) is 0 Å². The van der Waals surface area contributed by atoms with Gasteiger partial charge in [-0.25, -0.2) is 0 Å². The lowest BCUT2D eigenvalue weighted by Gasteiger charge is -1.99. The molecule has 0 radical (unpaired) electrons. The summed E-state index contributed by atoms with van der Waals surface area (Å²) < 4.78 is 0. The van der Waals surface area contributed by atoms with E-state index in [1.807, 2.05) is 26.0 Å². The summed E-state index contributed by atoms with van der Waals surface area (Å²) in [7, 11) is 0. The van der Waals surface area contributed by atoms with Crippen LogP contribution >= 0.6 is 11.6 Å². The van der Waals surface area contributed by atoms with Crippen LogP contribution in [0, 0.1) is 13.8 Å². The van der Waals surface area contributed by atoms with Crippen LogP contribution in [0.15, 0.2) is 12.1 Å². The maximum absolute atomic E-state index is 10.8. The van der Waals surface area contributed by atoms with E-state index in [1.54, 1.807) is 0 Å². The van der Waals surface area contributed by atoms with E-state index in [1.165, 1.54) is 0 Å². The van der Waals surface area contributed by atoms with Crippen LogP contribution in [-0.2, 0) is 0 Å². The minimum absolute atomic E-state index is 0.420. The Kier molecular flexibility index (Phi) is 2.08. The molecule has 0 saturated carbocycles. The van der Waals surface area contributed by atoms with Gasteiger partial charge in [-0.1, -0.05) is 17.7 Å². The first-order valence-corrected chi connectivity index (χ1v) is 4.75. The number of halogens is 1. The van der Waals surface area contributed by atoms with Gasteiger partial charge in [-0.15, -0.1) is 0 Å². The molecule has 2 rings (SSSR count). The molecule has 0 spiro atoms. The zero-order valence-electron chi connectivity index (χ0n) is 8.02. The fraction of sp³-hybridized carbons (Fsp3) is 0.182. The lowest BCUT2D eigenvalue weighted by Crippen LogP contribution is -1.82. The Morgan fingerprint density at radius 3 is 2.71 bits per heavy atom. The molecule has 0 bridgehead atoms. The molecule has 0 atom stereocenters. The van der Waals surface area contributed by atoms with Crippen molar-refractivity contribution in [1.29, 1.82) is 0 Å². The number of nitrogens with one attached hydrogen (secondary N) is 1. The molecule has 1 heterocycles. The van der Waals surface area contributed by atoms with Crippen LogP contribution < -0.4 is 0 Å². The van der Waals surface area contributed by atoms with Crippen molar-refractivity contribution in [1.82, 2.24) is 4.98 Å². The SMILES string of the molecule is Cc1cc(C)c2c(C=O)c(Cl)[nH]c2c1. The van der Waals surface area contributed by atoms with Gasteiger partial charge in [0, 0.05) is 10.9 Å². The van der Waals surface area contributed by atoms with Gasteiger partial charge in [0.2, 0.25) is 0 Å². The minimum Gasteiger partial charge on any atom is -0.345 e. The van der Waals surface area contributed by atoms with Gasteiger partial charge < -0.3 is 4.98 Å². The van der Waals surface area contributed by atoms with Crippen molar-refractivity contribution in [3.63, 3.8) is 0 Å². The van der Waals surface area contributed by atoms with E-state index in [0.717, 1.165) is 28.3 Å². The molecule has 0 aliphatic rings. The number of aromatic amines is 1. The molecule has 0 amide bonds. The summed E-state index contributed by atoms with van der Waals surface area (Å²) in [6, 6.07) is 4.03. The summed E-state index contributed by atoms with van der Waals surface area (Å²) in [5.41, 5.74) is 3.71. The highest BCUT2D eigenvalue weighted by molar-refractivity contribution is 6.34. The molecule has 0 aliphatic heterocycles. The van der Waals surface area contributed by atoms with E-state index >= 15 is 0 Å². The van der Waals surface area contributed by atoms with Crippen LogP contribution in [0.2, 0.25) is 5.15 Å². The molecule has 0 unspecified atom stereocenters. The summed E-state index contributed by atoms with van der Waals surface area (Å²) in [5, 5.41) is 1.35. The number of carbonyl (C=O) groups is 1. The third-order valence-electron chi connectivity index (χ3n) is 2.35. The molecule has 1 N–H and O–H groups in total. The van der Waals surface area contributed by atoms with Gasteiger partial charge in [-0.3, -0.25) is 4.79 Å². The summed E-state index contributed by atoms with van der Waals surface area (Å²) in [6.07, 6.45) is 0.795. The zero-order chi connectivity index (χ0) is 10.3. The molecule has 0 aliphatic carbocycles. The molecule has 2 nitrogen and oxygen atoms in total. The Bertz CT molecular complexity index is 513. The first-order valence-electron chi connectivity index (χ1n) is 4.37.